The van der Waals surface area contributed by atoms with Crippen LogP contribution in [0.4, 0.5) is 10.1 Å². The molecule has 4 aromatic rings. The number of aromatic hydroxyl groups is 1. The number of aryl methyl sites for hydroxylation is 1. The average Bonchev–Trinajstić information content (AvgIpc) is 3.15. The fraction of sp³-hybridized carbons (Fsp3) is 0.333. The first-order valence-electron chi connectivity index (χ1n) is 10.9. The average molecular weight is 449 g/mol. The van der Waals surface area contributed by atoms with Crippen LogP contribution in [0, 0.1) is 5.82 Å². The minimum absolute atomic E-state index is 0.0652. The number of aromatic nitrogens is 4. The Hall–Kier alpha value is -3.59. The van der Waals surface area contributed by atoms with Gasteiger partial charge in [-0.2, -0.15) is 5.10 Å². The van der Waals surface area contributed by atoms with Crippen LogP contribution in [0.25, 0.3) is 33.2 Å². The van der Waals surface area contributed by atoms with E-state index in [1.54, 1.807) is 19.3 Å². The number of piperazine rings is 1. The molecule has 0 bridgehead atoms. The molecule has 33 heavy (non-hydrogen) atoms. The third kappa shape index (κ3) is 3.68. The molecule has 1 aliphatic heterocycles. The van der Waals surface area contributed by atoms with Crippen LogP contribution in [-0.4, -0.2) is 55.8 Å². The van der Waals surface area contributed by atoms with E-state index in [2.05, 4.69) is 39.1 Å². The fourth-order valence-electron chi connectivity index (χ4n) is 4.65. The number of ketones is 1. The topological polar surface area (TPSA) is 96.2 Å². The van der Waals surface area contributed by atoms with Crippen molar-refractivity contribution in [2.75, 3.05) is 18.0 Å². The van der Waals surface area contributed by atoms with Crippen molar-refractivity contribution < 1.29 is 14.3 Å². The van der Waals surface area contributed by atoms with Crippen LogP contribution in [0.15, 0.2) is 30.5 Å². The fourth-order valence-corrected chi connectivity index (χ4v) is 4.65. The highest BCUT2D eigenvalue weighted by molar-refractivity contribution is 6.06. The predicted molar refractivity (Wildman–Crippen MR) is 125 cm³/mol. The summed E-state index contributed by atoms with van der Waals surface area (Å²) in [5.74, 6) is -1.57. The largest absolute Gasteiger partial charge is 0.504 e. The Morgan fingerprint density at radius 1 is 1.18 bits per heavy atom. The van der Waals surface area contributed by atoms with Crippen molar-refractivity contribution in [3.05, 3.63) is 42.0 Å². The summed E-state index contributed by atoms with van der Waals surface area (Å²) in [4.78, 5) is 23.8. The van der Waals surface area contributed by atoms with Crippen LogP contribution >= 0.6 is 0 Å². The predicted octanol–water partition coefficient (Wildman–Crippen LogP) is 3.42. The maximum Gasteiger partial charge on any atom is 0.193 e. The second-order valence-corrected chi connectivity index (χ2v) is 8.85. The van der Waals surface area contributed by atoms with Gasteiger partial charge >= 0.3 is 0 Å². The number of rotatable bonds is 3. The van der Waals surface area contributed by atoms with Crippen molar-refractivity contribution >= 4 is 33.3 Å². The highest BCUT2D eigenvalue weighted by Crippen LogP contribution is 2.36. The Bertz CT molecular complexity index is 1410. The molecule has 0 amide bonds. The lowest BCUT2D eigenvalue weighted by molar-refractivity contribution is 0.101. The highest BCUT2D eigenvalue weighted by Gasteiger charge is 2.24. The van der Waals surface area contributed by atoms with Crippen LogP contribution in [0.2, 0.25) is 0 Å². The molecule has 0 spiro atoms. The lowest BCUT2D eigenvalue weighted by Gasteiger charge is -2.37. The number of hydrogen-bond acceptors (Lipinski definition) is 7. The normalized spacial score (nSPS) is 18.9. The van der Waals surface area contributed by atoms with Gasteiger partial charge in [0.1, 0.15) is 11.2 Å². The van der Waals surface area contributed by atoms with Gasteiger partial charge < -0.3 is 15.3 Å². The first kappa shape index (κ1) is 21.3. The number of fused-ring (bicyclic) bond motifs is 2. The van der Waals surface area contributed by atoms with Gasteiger partial charge in [0.25, 0.3) is 0 Å². The van der Waals surface area contributed by atoms with Crippen molar-refractivity contribution in [2.45, 2.75) is 32.9 Å². The SMILES string of the molecule is CC(=O)c1nc(-c2cc3cn(C)nc3c(F)c2O)nc2ccc(N3C[C@@H](C)N[C@@H](C)C3)cc12. The van der Waals surface area contributed by atoms with Crippen molar-refractivity contribution in [3.63, 3.8) is 0 Å². The summed E-state index contributed by atoms with van der Waals surface area (Å²) in [6.07, 6.45) is 1.65. The zero-order valence-corrected chi connectivity index (χ0v) is 18.9. The second-order valence-electron chi connectivity index (χ2n) is 8.85. The summed E-state index contributed by atoms with van der Waals surface area (Å²) < 4.78 is 16.3. The standard InChI is InChI=1S/C24H25FN6O2/c1-12-9-31(10-13(2)26-12)16-5-6-19-17(8-16)21(14(3)32)28-24(27-19)18-7-15-11-30(4)29-22(15)20(25)23(18)33/h5-8,11-13,26,33H,9-10H2,1-4H3/t12-,13+. The number of Topliss-reactive ketones (excluding diaryl/α,β-unsaturated/α-hetero) is 1. The van der Waals surface area contributed by atoms with Crippen LogP contribution in [0.1, 0.15) is 31.3 Å². The Labute approximate surface area is 190 Å². The smallest absolute Gasteiger partial charge is 0.193 e. The van der Waals surface area contributed by atoms with Gasteiger partial charge in [0.05, 0.1) is 11.1 Å². The number of nitrogens with one attached hydrogen (secondary N) is 1. The molecule has 1 saturated heterocycles. The highest BCUT2D eigenvalue weighted by atomic mass is 19.1. The first-order valence-corrected chi connectivity index (χ1v) is 10.9. The molecule has 1 fully saturated rings. The molecule has 0 unspecified atom stereocenters. The van der Waals surface area contributed by atoms with Crippen LogP contribution in [-0.2, 0) is 7.05 Å². The number of phenolic OH excluding ortho intramolecular Hbond substituents is 1. The monoisotopic (exact) mass is 448 g/mol. The van der Waals surface area contributed by atoms with Gasteiger partial charge in [0.15, 0.2) is 23.2 Å². The van der Waals surface area contributed by atoms with Crippen LogP contribution in [0.3, 0.4) is 0 Å². The molecule has 170 valence electrons. The van der Waals surface area contributed by atoms with Gasteiger partial charge in [0, 0.05) is 61.8 Å². The van der Waals surface area contributed by atoms with E-state index in [0.717, 1.165) is 18.8 Å². The number of anilines is 1. The Balaban J connectivity index is 1.66. The summed E-state index contributed by atoms with van der Waals surface area (Å²) in [6, 6.07) is 8.02. The number of carbonyl (C=O) groups is 1. The minimum Gasteiger partial charge on any atom is -0.504 e. The van der Waals surface area contributed by atoms with E-state index in [1.165, 1.54) is 11.6 Å². The third-order valence-corrected chi connectivity index (χ3v) is 6.00. The van der Waals surface area contributed by atoms with E-state index < -0.39 is 11.6 Å². The maximum atomic E-state index is 14.8. The lowest BCUT2D eigenvalue weighted by Crippen LogP contribution is -2.54. The minimum atomic E-state index is -0.839. The molecule has 2 atom stereocenters. The number of carbonyl (C=O) groups excluding carboxylic acids is 1. The van der Waals surface area contributed by atoms with E-state index in [0.29, 0.717) is 28.4 Å². The van der Waals surface area contributed by atoms with Gasteiger partial charge in [-0.05, 0) is 38.1 Å². The Kier molecular flexibility index (Phi) is 5.01. The zero-order chi connectivity index (χ0) is 23.4. The lowest BCUT2D eigenvalue weighted by atomic mass is 10.1. The Morgan fingerprint density at radius 2 is 1.91 bits per heavy atom. The molecule has 9 heteroatoms. The van der Waals surface area contributed by atoms with Gasteiger partial charge in [0.2, 0.25) is 0 Å². The molecule has 5 rings (SSSR count). The molecule has 8 nitrogen and oxygen atoms in total. The summed E-state index contributed by atoms with van der Waals surface area (Å²) in [7, 11) is 1.67. The van der Waals surface area contributed by atoms with Gasteiger partial charge in [-0.25, -0.2) is 14.4 Å². The zero-order valence-electron chi connectivity index (χ0n) is 18.9. The molecule has 2 N–H and O–H groups in total. The van der Waals surface area contributed by atoms with Gasteiger partial charge in [-0.1, -0.05) is 0 Å². The van der Waals surface area contributed by atoms with Gasteiger partial charge in [-0.3, -0.25) is 9.48 Å². The van der Waals surface area contributed by atoms with Gasteiger partial charge in [-0.15, -0.1) is 0 Å². The molecule has 0 radical (unpaired) electrons. The summed E-state index contributed by atoms with van der Waals surface area (Å²) >= 11 is 0. The second kappa shape index (κ2) is 7.77. The number of hydrogen-bond donors (Lipinski definition) is 2. The number of nitrogens with zero attached hydrogens (tertiary/aromatic N) is 5. The van der Waals surface area contributed by atoms with Crippen molar-refractivity contribution in [3.8, 4) is 17.1 Å². The number of halogens is 1. The maximum absolute atomic E-state index is 14.8. The molecule has 1 aliphatic rings. The first-order chi connectivity index (χ1) is 15.7. The van der Waals surface area contributed by atoms with E-state index in [-0.39, 0.29) is 28.4 Å². The molecule has 2 aromatic heterocycles. The van der Waals surface area contributed by atoms with Crippen molar-refractivity contribution in [2.24, 2.45) is 7.05 Å². The molecule has 0 aliphatic carbocycles. The molecular weight excluding hydrogens is 423 g/mol. The molecular formula is C24H25FN6O2. The van der Waals surface area contributed by atoms with Crippen LogP contribution in [0.5, 0.6) is 5.75 Å². The van der Waals surface area contributed by atoms with E-state index in [1.807, 2.05) is 18.2 Å². The number of phenols is 1. The van der Waals surface area contributed by atoms with Crippen molar-refractivity contribution in [1.82, 2.24) is 25.1 Å². The van der Waals surface area contributed by atoms with E-state index >= 15 is 0 Å². The van der Waals surface area contributed by atoms with E-state index in [9.17, 15) is 14.3 Å². The summed E-state index contributed by atoms with van der Waals surface area (Å²) in [5, 5.41) is 19.2. The summed E-state index contributed by atoms with van der Waals surface area (Å²) in [6.45, 7) is 7.43. The van der Waals surface area contributed by atoms with Crippen LogP contribution < -0.4 is 10.2 Å². The number of benzene rings is 2. The van der Waals surface area contributed by atoms with Crippen molar-refractivity contribution in [1.29, 1.82) is 0 Å². The third-order valence-electron chi connectivity index (χ3n) is 6.00. The van der Waals surface area contributed by atoms with E-state index in [4.69, 9.17) is 0 Å². The summed E-state index contributed by atoms with van der Waals surface area (Å²) in [5.41, 5.74) is 1.96. The molecule has 3 heterocycles. The molecule has 2 aromatic carbocycles. The molecule has 0 saturated carbocycles. The Morgan fingerprint density at radius 3 is 2.61 bits per heavy atom. The quantitative estimate of drug-likeness (QED) is 0.464.